The average molecular weight is 441 g/mol. The smallest absolute Gasteiger partial charge is 0.475 e. The Hall–Kier alpha value is -3.60. The molecule has 11 heteroatoms. The van der Waals surface area contributed by atoms with E-state index in [0.29, 0.717) is 17.1 Å². The third-order valence-electron chi connectivity index (χ3n) is 3.73. The van der Waals surface area contributed by atoms with Crippen molar-refractivity contribution in [2.24, 2.45) is 0 Å². The van der Waals surface area contributed by atoms with Crippen molar-refractivity contribution in [3.63, 3.8) is 0 Å². The molecule has 6 nitrogen and oxygen atoms in total. The number of carbonyl (C=O) groups is 1. The van der Waals surface area contributed by atoms with Crippen LogP contribution >= 0.6 is 0 Å². The highest BCUT2D eigenvalue weighted by Crippen LogP contribution is 2.21. The van der Waals surface area contributed by atoms with Crippen molar-refractivity contribution in [3.05, 3.63) is 78.1 Å². The van der Waals surface area contributed by atoms with Gasteiger partial charge in [-0.15, -0.1) is 0 Å². The number of carboxylic acid groups (broad SMARTS) is 1. The third-order valence-corrected chi connectivity index (χ3v) is 3.73. The van der Waals surface area contributed by atoms with E-state index in [2.05, 4.69) is 15.3 Å². The van der Waals surface area contributed by atoms with Gasteiger partial charge in [0.15, 0.2) is 0 Å². The van der Waals surface area contributed by atoms with Crippen molar-refractivity contribution in [1.29, 1.82) is 0 Å². The first-order valence-corrected chi connectivity index (χ1v) is 8.62. The van der Waals surface area contributed by atoms with E-state index >= 15 is 0 Å². The molecule has 0 aliphatic rings. The third kappa shape index (κ3) is 7.63. The Balaban J connectivity index is 0.000000423. The summed E-state index contributed by atoms with van der Waals surface area (Å²) in [6.45, 7) is 0.248. The van der Waals surface area contributed by atoms with E-state index in [1.54, 1.807) is 6.07 Å². The molecule has 1 atom stereocenters. The largest absolute Gasteiger partial charge is 0.490 e. The van der Waals surface area contributed by atoms with Gasteiger partial charge in [-0.1, -0.05) is 30.3 Å². The zero-order valence-corrected chi connectivity index (χ0v) is 15.6. The fraction of sp³-hybridized carbons (Fsp3) is 0.150. The Morgan fingerprint density at radius 1 is 1.00 bits per heavy atom. The molecule has 0 bridgehead atoms. The monoisotopic (exact) mass is 441 g/mol. The molecule has 3 aromatic rings. The predicted octanol–water partition coefficient (Wildman–Crippen LogP) is 4.20. The van der Waals surface area contributed by atoms with Crippen LogP contribution in [0, 0.1) is 11.6 Å². The topological polar surface area (TPSA) is 95.3 Å². The molecule has 0 fully saturated rings. The summed E-state index contributed by atoms with van der Waals surface area (Å²) in [6.07, 6.45) is -4.48. The van der Waals surface area contributed by atoms with Crippen LogP contribution in [0.15, 0.2) is 60.9 Å². The summed E-state index contributed by atoms with van der Waals surface area (Å²) in [4.78, 5) is 17.0. The van der Waals surface area contributed by atoms with Crippen molar-refractivity contribution in [2.45, 2.75) is 12.3 Å². The van der Waals surface area contributed by atoms with Crippen molar-refractivity contribution in [3.8, 4) is 11.3 Å². The number of rotatable bonds is 5. The van der Waals surface area contributed by atoms with Crippen LogP contribution in [-0.2, 0) is 4.79 Å². The Bertz CT molecular complexity index is 996. The van der Waals surface area contributed by atoms with Crippen LogP contribution in [-0.4, -0.2) is 38.9 Å². The van der Waals surface area contributed by atoms with Gasteiger partial charge >= 0.3 is 12.1 Å². The molecular formula is C20H16F5N3O3. The zero-order chi connectivity index (χ0) is 23.0. The number of carboxylic acids is 1. The van der Waals surface area contributed by atoms with E-state index in [1.165, 1.54) is 18.5 Å². The number of halogens is 5. The molecule has 0 aliphatic heterocycles. The minimum atomic E-state index is -5.08. The van der Waals surface area contributed by atoms with Gasteiger partial charge in [0.25, 0.3) is 0 Å². The van der Waals surface area contributed by atoms with Gasteiger partial charge < -0.3 is 15.5 Å². The van der Waals surface area contributed by atoms with Gasteiger partial charge in [0.2, 0.25) is 0 Å². The molecule has 0 saturated carbocycles. The second kappa shape index (κ2) is 10.4. The van der Waals surface area contributed by atoms with Crippen LogP contribution in [0.1, 0.15) is 11.7 Å². The molecular weight excluding hydrogens is 425 g/mol. The maximum atomic E-state index is 13.3. The van der Waals surface area contributed by atoms with Gasteiger partial charge in [0.1, 0.15) is 23.8 Å². The molecule has 1 aromatic heterocycles. The maximum absolute atomic E-state index is 13.3. The molecule has 31 heavy (non-hydrogen) atoms. The van der Waals surface area contributed by atoms with Gasteiger partial charge in [0.05, 0.1) is 11.8 Å². The Labute approximate surface area is 173 Å². The number of nitrogens with zero attached hydrogens (tertiary/aromatic N) is 2. The molecule has 0 spiro atoms. The summed E-state index contributed by atoms with van der Waals surface area (Å²) < 4.78 is 58.4. The standard InChI is InChI=1S/C18H15F2N3O.C2HF3O2/c19-14-6-13(7-15(20)8-14)16-9-18(23-11-22-16)21-10-17(24)12-4-2-1-3-5-12;3-2(4,5)1(6)7/h1-9,11,17,24H,10H2,(H,21,22,23);(H,6,7)/t17-;/m0./s1. The van der Waals surface area contributed by atoms with E-state index < -0.39 is 29.9 Å². The van der Waals surface area contributed by atoms with Crippen LogP contribution in [0.3, 0.4) is 0 Å². The molecule has 1 heterocycles. The van der Waals surface area contributed by atoms with Gasteiger partial charge in [-0.05, 0) is 17.7 Å². The normalized spacial score (nSPS) is 11.8. The summed E-state index contributed by atoms with van der Waals surface area (Å²) in [5, 5.41) is 20.3. The second-order valence-electron chi connectivity index (χ2n) is 6.06. The van der Waals surface area contributed by atoms with Gasteiger partial charge in [-0.3, -0.25) is 0 Å². The molecule has 0 amide bonds. The van der Waals surface area contributed by atoms with Crippen LogP contribution < -0.4 is 5.32 Å². The van der Waals surface area contributed by atoms with Crippen molar-refractivity contribution in [1.82, 2.24) is 9.97 Å². The number of aromatic nitrogens is 2. The summed E-state index contributed by atoms with van der Waals surface area (Å²) in [5.41, 5.74) is 1.49. The first-order chi connectivity index (χ1) is 14.6. The number of aliphatic carboxylic acids is 1. The lowest BCUT2D eigenvalue weighted by Crippen LogP contribution is -2.21. The van der Waals surface area contributed by atoms with Gasteiger partial charge in [-0.2, -0.15) is 13.2 Å². The summed E-state index contributed by atoms with van der Waals surface area (Å²) in [7, 11) is 0. The number of hydrogen-bond acceptors (Lipinski definition) is 5. The molecule has 0 saturated heterocycles. The van der Waals surface area contributed by atoms with Gasteiger partial charge in [0, 0.05) is 24.2 Å². The Morgan fingerprint density at radius 3 is 2.13 bits per heavy atom. The fourth-order valence-corrected chi connectivity index (χ4v) is 2.31. The van der Waals surface area contributed by atoms with Crippen LogP contribution in [0.25, 0.3) is 11.3 Å². The van der Waals surface area contributed by atoms with E-state index in [1.807, 2.05) is 30.3 Å². The zero-order valence-electron chi connectivity index (χ0n) is 15.6. The van der Waals surface area contributed by atoms with Crippen LogP contribution in [0.5, 0.6) is 0 Å². The lowest BCUT2D eigenvalue weighted by atomic mass is 10.1. The van der Waals surface area contributed by atoms with E-state index in [0.717, 1.165) is 11.6 Å². The second-order valence-corrected chi connectivity index (χ2v) is 6.06. The van der Waals surface area contributed by atoms with Gasteiger partial charge in [-0.25, -0.2) is 23.5 Å². The number of hydrogen-bond donors (Lipinski definition) is 3. The lowest BCUT2D eigenvalue weighted by molar-refractivity contribution is -0.192. The maximum Gasteiger partial charge on any atom is 0.490 e. The minimum absolute atomic E-state index is 0.248. The van der Waals surface area contributed by atoms with Crippen molar-refractivity contribution >= 4 is 11.8 Å². The Morgan fingerprint density at radius 2 is 1.58 bits per heavy atom. The number of anilines is 1. The molecule has 3 rings (SSSR count). The quantitative estimate of drug-likeness (QED) is 0.514. The predicted molar refractivity (Wildman–Crippen MR) is 101 cm³/mol. The highest BCUT2D eigenvalue weighted by Gasteiger charge is 2.38. The van der Waals surface area contributed by atoms with Crippen molar-refractivity contribution < 1.29 is 37.0 Å². The summed E-state index contributed by atoms with van der Waals surface area (Å²) in [5.74, 6) is -3.64. The Kier molecular flexibility index (Phi) is 7.97. The number of aliphatic hydroxyl groups excluding tert-OH is 1. The van der Waals surface area contributed by atoms with E-state index in [4.69, 9.17) is 9.90 Å². The molecule has 0 aliphatic carbocycles. The fourth-order valence-electron chi connectivity index (χ4n) is 2.31. The first-order valence-electron chi connectivity index (χ1n) is 8.62. The first kappa shape index (κ1) is 23.7. The highest BCUT2D eigenvalue weighted by atomic mass is 19.4. The number of alkyl halides is 3. The molecule has 3 N–H and O–H groups in total. The van der Waals surface area contributed by atoms with Crippen LogP contribution in [0.2, 0.25) is 0 Å². The molecule has 2 aromatic carbocycles. The average Bonchev–Trinajstić information content (AvgIpc) is 2.72. The van der Waals surface area contributed by atoms with E-state index in [-0.39, 0.29) is 6.54 Å². The summed E-state index contributed by atoms with van der Waals surface area (Å²) >= 11 is 0. The highest BCUT2D eigenvalue weighted by molar-refractivity contribution is 5.73. The molecule has 0 radical (unpaired) electrons. The molecule has 164 valence electrons. The number of aliphatic hydroxyl groups is 1. The molecule has 0 unspecified atom stereocenters. The van der Waals surface area contributed by atoms with E-state index in [9.17, 15) is 27.1 Å². The SMILES string of the molecule is O=C(O)C(F)(F)F.O[C@@H](CNc1cc(-c2cc(F)cc(F)c2)ncn1)c1ccccc1. The number of benzene rings is 2. The minimum Gasteiger partial charge on any atom is -0.475 e. The van der Waals surface area contributed by atoms with Crippen molar-refractivity contribution in [2.75, 3.05) is 11.9 Å². The number of nitrogens with one attached hydrogen (secondary N) is 1. The summed E-state index contributed by atoms with van der Waals surface area (Å²) in [6, 6.07) is 14.0. The lowest BCUT2D eigenvalue weighted by Gasteiger charge is -2.13. The van der Waals surface area contributed by atoms with Crippen LogP contribution in [0.4, 0.5) is 27.8 Å².